The van der Waals surface area contributed by atoms with Crippen molar-refractivity contribution in [3.8, 4) is 0 Å². The number of benzene rings is 2. The summed E-state index contributed by atoms with van der Waals surface area (Å²) in [5.74, 6) is -2.73. The maximum atomic E-state index is 14.9. The molecule has 38 heavy (non-hydrogen) atoms. The van der Waals surface area contributed by atoms with E-state index in [4.69, 9.17) is 5.11 Å². The maximum Gasteiger partial charge on any atom is 0.303 e. The number of carboxylic acids is 1. The molecular weight excluding hydrogens is 553 g/mol. The Morgan fingerprint density at radius 3 is 2.53 bits per heavy atom. The van der Waals surface area contributed by atoms with E-state index in [1.54, 1.807) is 24.3 Å². The Balaban J connectivity index is 1.62. The van der Waals surface area contributed by atoms with Crippen molar-refractivity contribution < 1.29 is 23.9 Å². The van der Waals surface area contributed by atoms with Gasteiger partial charge in [0, 0.05) is 35.2 Å². The number of dihydropyridines is 1. The number of aliphatic carboxylic acids is 1. The number of allylic oxidation sites excluding steroid dienone is 5. The molecule has 0 aromatic heterocycles. The lowest BCUT2D eigenvalue weighted by Gasteiger charge is -2.27. The summed E-state index contributed by atoms with van der Waals surface area (Å²) < 4.78 is 15.7. The van der Waals surface area contributed by atoms with Crippen LogP contribution in [0.4, 0.5) is 4.39 Å². The fourth-order valence-electron chi connectivity index (χ4n) is 4.96. The average molecular weight is 576 g/mol. The van der Waals surface area contributed by atoms with E-state index in [1.165, 1.54) is 11.1 Å². The molecular formula is C29H23BrFN3O4. The first-order chi connectivity index (χ1) is 18.3. The molecule has 5 rings (SSSR count). The van der Waals surface area contributed by atoms with Crippen molar-refractivity contribution in [2.75, 3.05) is 0 Å². The van der Waals surface area contributed by atoms with Gasteiger partial charge in [-0.1, -0.05) is 70.5 Å². The summed E-state index contributed by atoms with van der Waals surface area (Å²) in [5, 5.41) is 14.8. The Morgan fingerprint density at radius 2 is 1.79 bits per heavy atom. The first-order valence-corrected chi connectivity index (χ1v) is 13.0. The van der Waals surface area contributed by atoms with E-state index in [2.05, 4.69) is 26.0 Å². The molecule has 2 heterocycles. The van der Waals surface area contributed by atoms with Gasteiger partial charge in [-0.05, 0) is 35.8 Å². The second-order valence-corrected chi connectivity index (χ2v) is 10.0. The molecule has 0 saturated carbocycles. The number of nitrogens with zero attached hydrogens (tertiary/aromatic N) is 3. The molecule has 9 heteroatoms. The van der Waals surface area contributed by atoms with Crippen molar-refractivity contribution in [3.63, 3.8) is 0 Å². The van der Waals surface area contributed by atoms with Crippen molar-refractivity contribution in [3.05, 3.63) is 99.8 Å². The van der Waals surface area contributed by atoms with E-state index >= 15 is 0 Å². The Bertz CT molecular complexity index is 1480. The van der Waals surface area contributed by atoms with Crippen LogP contribution < -0.4 is 0 Å². The van der Waals surface area contributed by atoms with E-state index in [9.17, 15) is 18.8 Å². The molecule has 0 bridgehead atoms. The number of hydrazone groups is 1. The highest BCUT2D eigenvalue weighted by molar-refractivity contribution is 9.11. The third kappa shape index (κ3) is 5.06. The van der Waals surface area contributed by atoms with Gasteiger partial charge in [0.05, 0.1) is 23.0 Å². The van der Waals surface area contributed by atoms with Crippen LogP contribution in [0, 0.1) is 11.7 Å². The lowest BCUT2D eigenvalue weighted by molar-refractivity contribution is -0.137. The van der Waals surface area contributed by atoms with Gasteiger partial charge in [-0.25, -0.2) is 14.4 Å². The van der Waals surface area contributed by atoms with Crippen molar-refractivity contribution in [1.29, 1.82) is 0 Å². The minimum Gasteiger partial charge on any atom is -0.481 e. The van der Waals surface area contributed by atoms with Gasteiger partial charge in [0.15, 0.2) is 0 Å². The van der Waals surface area contributed by atoms with Gasteiger partial charge >= 0.3 is 5.97 Å². The Labute approximate surface area is 226 Å². The maximum absolute atomic E-state index is 14.9. The fraction of sp³-hybridized carbons (Fsp3) is 0.207. The fourth-order valence-corrected chi connectivity index (χ4v) is 5.35. The lowest BCUT2D eigenvalue weighted by Crippen LogP contribution is -2.27. The smallest absolute Gasteiger partial charge is 0.303 e. The van der Waals surface area contributed by atoms with E-state index in [-0.39, 0.29) is 37.2 Å². The lowest BCUT2D eigenvalue weighted by atomic mass is 9.79. The molecule has 1 N–H and O–H groups in total. The molecule has 192 valence electrons. The summed E-state index contributed by atoms with van der Waals surface area (Å²) in [4.78, 5) is 42.0. The third-order valence-electron chi connectivity index (χ3n) is 6.67. The minimum atomic E-state index is -1.01. The molecule has 2 unspecified atom stereocenters. The Hall–Kier alpha value is -3.98. The SMILES string of the molecule is O=C(O)CCCC(=O)N1N=C(C2=C(c3ccccc3)C3C=C(Br)C=CC3=NC2=O)CC1c1ccccc1F. The summed E-state index contributed by atoms with van der Waals surface area (Å²) in [7, 11) is 0. The van der Waals surface area contributed by atoms with Crippen LogP contribution in [0.25, 0.3) is 5.57 Å². The van der Waals surface area contributed by atoms with Crippen molar-refractivity contribution in [2.24, 2.45) is 16.0 Å². The van der Waals surface area contributed by atoms with Crippen molar-refractivity contribution in [1.82, 2.24) is 5.01 Å². The van der Waals surface area contributed by atoms with Gasteiger partial charge in [-0.15, -0.1) is 0 Å². The molecule has 0 radical (unpaired) electrons. The summed E-state index contributed by atoms with van der Waals surface area (Å²) in [6, 6.07) is 14.8. The summed E-state index contributed by atoms with van der Waals surface area (Å²) in [6.07, 6.45) is 5.58. The first kappa shape index (κ1) is 25.7. The quantitative estimate of drug-likeness (QED) is 0.463. The number of aliphatic imine (C=N–C) groups is 1. The van der Waals surface area contributed by atoms with Crippen LogP contribution in [-0.4, -0.2) is 39.3 Å². The highest BCUT2D eigenvalue weighted by Crippen LogP contribution is 2.42. The second kappa shape index (κ2) is 10.8. The van der Waals surface area contributed by atoms with Crippen LogP contribution in [0.1, 0.15) is 42.9 Å². The second-order valence-electron chi connectivity index (χ2n) is 9.13. The van der Waals surface area contributed by atoms with Gasteiger partial charge in [0.25, 0.3) is 5.91 Å². The van der Waals surface area contributed by atoms with Crippen LogP contribution >= 0.6 is 15.9 Å². The number of fused-ring (bicyclic) bond motifs is 1. The van der Waals surface area contributed by atoms with Gasteiger partial charge in [-0.2, -0.15) is 5.10 Å². The van der Waals surface area contributed by atoms with E-state index in [0.29, 0.717) is 22.6 Å². The molecule has 2 amide bonds. The predicted molar refractivity (Wildman–Crippen MR) is 145 cm³/mol. The molecule has 2 aromatic carbocycles. The minimum absolute atomic E-state index is 0.0715. The number of rotatable bonds is 7. The summed E-state index contributed by atoms with van der Waals surface area (Å²) in [6.45, 7) is 0. The molecule has 3 aliphatic rings. The monoisotopic (exact) mass is 575 g/mol. The number of hydrogen-bond acceptors (Lipinski definition) is 4. The van der Waals surface area contributed by atoms with Gasteiger partial charge < -0.3 is 5.11 Å². The number of carbonyl (C=O) groups excluding carboxylic acids is 2. The van der Waals surface area contributed by atoms with Crippen LogP contribution in [0.15, 0.2) is 93.0 Å². The third-order valence-corrected chi connectivity index (χ3v) is 7.20. The van der Waals surface area contributed by atoms with E-state index in [0.717, 1.165) is 10.0 Å². The zero-order valence-electron chi connectivity index (χ0n) is 20.2. The molecule has 0 fully saturated rings. The number of amides is 2. The Morgan fingerprint density at radius 1 is 1.05 bits per heavy atom. The highest BCUT2D eigenvalue weighted by atomic mass is 79.9. The highest BCUT2D eigenvalue weighted by Gasteiger charge is 2.40. The average Bonchev–Trinajstić information content (AvgIpc) is 3.33. The molecule has 2 atom stereocenters. The normalized spacial score (nSPS) is 20.6. The van der Waals surface area contributed by atoms with Crippen molar-refractivity contribution in [2.45, 2.75) is 31.7 Å². The van der Waals surface area contributed by atoms with Gasteiger partial charge in [0.1, 0.15) is 5.82 Å². The van der Waals surface area contributed by atoms with Crippen LogP contribution in [0.5, 0.6) is 0 Å². The molecule has 2 aromatic rings. The van der Waals surface area contributed by atoms with Crippen molar-refractivity contribution >= 4 is 50.7 Å². The number of carboxylic acid groups (broad SMARTS) is 1. The molecule has 7 nitrogen and oxygen atoms in total. The molecule has 0 saturated heterocycles. The molecule has 2 aliphatic heterocycles. The molecule has 0 spiro atoms. The molecule has 1 aliphatic carbocycles. The van der Waals surface area contributed by atoms with Crippen LogP contribution in [0.3, 0.4) is 0 Å². The summed E-state index contributed by atoms with van der Waals surface area (Å²) in [5.41, 5.74) is 3.04. The number of hydrogen-bond donors (Lipinski definition) is 1. The van der Waals surface area contributed by atoms with Gasteiger partial charge in [0.2, 0.25) is 5.91 Å². The number of halogens is 2. The predicted octanol–water partition coefficient (Wildman–Crippen LogP) is 5.61. The largest absolute Gasteiger partial charge is 0.481 e. The van der Waals surface area contributed by atoms with Crippen LogP contribution in [-0.2, 0) is 14.4 Å². The Kier molecular flexibility index (Phi) is 7.28. The van der Waals surface area contributed by atoms with Gasteiger partial charge in [-0.3, -0.25) is 14.4 Å². The van der Waals surface area contributed by atoms with Crippen LogP contribution in [0.2, 0.25) is 0 Å². The topological polar surface area (TPSA) is 99.4 Å². The summed E-state index contributed by atoms with van der Waals surface area (Å²) >= 11 is 3.53. The van der Waals surface area contributed by atoms with E-state index < -0.39 is 29.6 Å². The zero-order valence-corrected chi connectivity index (χ0v) is 21.8. The zero-order chi connectivity index (χ0) is 26.8. The number of carbonyl (C=O) groups is 3. The first-order valence-electron chi connectivity index (χ1n) is 12.2. The van der Waals surface area contributed by atoms with E-state index in [1.807, 2.05) is 42.5 Å². The standard InChI is InChI=1S/C29H23BrFN3O4/c30-18-13-14-22-20(15-18)27(17-7-2-1-3-8-17)28(29(38)32-22)23-16-24(19-9-4-5-10-21(19)31)34(33-23)25(35)11-6-12-26(36)37/h1-5,7-10,13-15,20,24H,6,11-12,16H2,(H,36,37).